The van der Waals surface area contributed by atoms with Crippen LogP contribution < -0.4 is 14.8 Å². The number of ether oxygens (including phenoxy) is 2. The predicted molar refractivity (Wildman–Crippen MR) is 165 cm³/mol. The maximum Gasteiger partial charge on any atom is 0.246 e. The van der Waals surface area contributed by atoms with Crippen molar-refractivity contribution in [3.05, 3.63) is 54.1 Å². The van der Waals surface area contributed by atoms with Crippen molar-refractivity contribution in [2.45, 2.75) is 94.9 Å². The molecule has 9 heteroatoms. The molecule has 2 amide bonds. The Labute approximate surface area is 256 Å². The van der Waals surface area contributed by atoms with E-state index >= 15 is 0 Å². The summed E-state index contributed by atoms with van der Waals surface area (Å²) in [6, 6.07) is 15.0. The molecule has 1 aliphatic carbocycles. The van der Waals surface area contributed by atoms with Gasteiger partial charge in [0, 0.05) is 32.6 Å². The quantitative estimate of drug-likeness (QED) is 0.377. The van der Waals surface area contributed by atoms with Crippen LogP contribution in [0, 0.1) is 0 Å². The van der Waals surface area contributed by atoms with Gasteiger partial charge in [0.1, 0.15) is 17.3 Å². The van der Waals surface area contributed by atoms with Crippen molar-refractivity contribution in [1.82, 2.24) is 15.1 Å². The molecule has 3 fully saturated rings. The third-order valence-corrected chi connectivity index (χ3v) is 9.22. The lowest BCUT2D eigenvalue weighted by atomic mass is 9.77. The number of methoxy groups -OCH3 is 1. The lowest BCUT2D eigenvalue weighted by Crippen LogP contribution is -2.73. The van der Waals surface area contributed by atoms with Crippen LogP contribution in [0.2, 0.25) is 0 Å². The third kappa shape index (κ3) is 7.04. The zero-order chi connectivity index (χ0) is 28.9. The van der Waals surface area contributed by atoms with Gasteiger partial charge in [-0.3, -0.25) is 14.5 Å². The van der Waals surface area contributed by atoms with Gasteiger partial charge in [0.25, 0.3) is 0 Å². The van der Waals surface area contributed by atoms with Crippen molar-refractivity contribution >= 4 is 24.2 Å². The zero-order valence-corrected chi connectivity index (χ0v) is 25.8. The van der Waals surface area contributed by atoms with Gasteiger partial charge in [0.15, 0.2) is 11.5 Å². The smallest absolute Gasteiger partial charge is 0.246 e. The number of unbranched alkanes of at least 4 members (excludes halogenated alkanes) is 1. The van der Waals surface area contributed by atoms with E-state index in [0.717, 1.165) is 57.5 Å². The molecular formula is C33H46ClN3O5. The van der Waals surface area contributed by atoms with E-state index in [0.29, 0.717) is 50.1 Å². The third-order valence-electron chi connectivity index (χ3n) is 9.22. The number of aliphatic hydroxyl groups is 1. The van der Waals surface area contributed by atoms with Gasteiger partial charge in [-0.25, -0.2) is 0 Å². The van der Waals surface area contributed by atoms with Crippen molar-refractivity contribution < 1.29 is 24.2 Å². The number of hydrogen-bond donors (Lipinski definition) is 2. The summed E-state index contributed by atoms with van der Waals surface area (Å²) in [4.78, 5) is 31.8. The molecule has 2 saturated heterocycles. The van der Waals surface area contributed by atoms with E-state index < -0.39 is 17.2 Å². The molecule has 1 atom stereocenters. The molecule has 3 aliphatic rings. The minimum Gasteiger partial charge on any atom is -0.493 e. The Balaban J connectivity index is 0.00000405. The van der Waals surface area contributed by atoms with Gasteiger partial charge in [-0.05, 0) is 61.9 Å². The van der Waals surface area contributed by atoms with E-state index in [2.05, 4.69) is 29.3 Å². The number of para-hydroxylation sites is 2. The standard InChI is InChI=1S/C33H45N3O5.ClH/c1-3-4-20-36-30(37)27(23-32(39)16-8-5-9-17-32)34-31(38)33(36)18-21-35(22-19-33)24-25-12-14-26(15-13-25)41-29-11-7-6-10-28(29)40-2;/h6-7,10-15,27,39H,3-5,8-9,16-24H2,1-2H3,(H,34,38);1H/t27-;/m1./s1. The molecule has 230 valence electrons. The Morgan fingerprint density at radius 3 is 2.26 bits per heavy atom. The minimum absolute atomic E-state index is 0. The molecule has 2 aromatic rings. The van der Waals surface area contributed by atoms with Gasteiger partial charge in [0.05, 0.1) is 12.7 Å². The molecule has 8 nitrogen and oxygen atoms in total. The van der Waals surface area contributed by atoms with Crippen molar-refractivity contribution in [3.63, 3.8) is 0 Å². The summed E-state index contributed by atoms with van der Waals surface area (Å²) in [6.45, 7) is 4.93. The maximum absolute atomic E-state index is 13.8. The van der Waals surface area contributed by atoms with Gasteiger partial charge in [-0.2, -0.15) is 0 Å². The maximum atomic E-state index is 13.8. The van der Waals surface area contributed by atoms with E-state index in [-0.39, 0.29) is 24.2 Å². The lowest BCUT2D eigenvalue weighted by molar-refractivity contribution is -0.163. The molecule has 0 bridgehead atoms. The van der Waals surface area contributed by atoms with Crippen LogP contribution in [0.15, 0.2) is 48.5 Å². The van der Waals surface area contributed by atoms with E-state index in [1.54, 1.807) is 7.11 Å². The number of nitrogens with zero attached hydrogens (tertiary/aromatic N) is 2. The molecule has 2 aliphatic heterocycles. The molecule has 0 aromatic heterocycles. The monoisotopic (exact) mass is 599 g/mol. The molecule has 1 spiro atoms. The molecule has 5 rings (SSSR count). The number of benzene rings is 2. The molecule has 1 saturated carbocycles. The molecular weight excluding hydrogens is 554 g/mol. The summed E-state index contributed by atoms with van der Waals surface area (Å²) in [6.07, 6.45) is 7.84. The van der Waals surface area contributed by atoms with Crippen LogP contribution in [-0.4, -0.2) is 70.6 Å². The first kappa shape index (κ1) is 32.1. The van der Waals surface area contributed by atoms with E-state index in [1.807, 2.05) is 41.3 Å². The summed E-state index contributed by atoms with van der Waals surface area (Å²) in [5.41, 5.74) is -0.494. The Kier molecular flexibility index (Phi) is 10.8. The fourth-order valence-corrected chi connectivity index (χ4v) is 6.78. The highest BCUT2D eigenvalue weighted by Crippen LogP contribution is 2.38. The van der Waals surface area contributed by atoms with Gasteiger partial charge in [0.2, 0.25) is 11.8 Å². The normalized spacial score (nSPS) is 21.9. The van der Waals surface area contributed by atoms with Crippen LogP contribution >= 0.6 is 12.4 Å². The Morgan fingerprint density at radius 1 is 0.952 bits per heavy atom. The first-order valence-electron chi connectivity index (χ1n) is 15.3. The lowest BCUT2D eigenvalue weighted by Gasteiger charge is -2.52. The fourth-order valence-electron chi connectivity index (χ4n) is 6.78. The molecule has 42 heavy (non-hydrogen) atoms. The summed E-state index contributed by atoms with van der Waals surface area (Å²) in [5, 5.41) is 14.2. The number of nitrogens with one attached hydrogen (secondary N) is 1. The highest BCUT2D eigenvalue weighted by atomic mass is 35.5. The number of hydrogen-bond acceptors (Lipinski definition) is 6. The number of halogens is 1. The average molecular weight is 600 g/mol. The van der Waals surface area contributed by atoms with E-state index in [4.69, 9.17) is 9.47 Å². The van der Waals surface area contributed by atoms with Gasteiger partial charge >= 0.3 is 0 Å². The van der Waals surface area contributed by atoms with Gasteiger partial charge < -0.3 is 24.8 Å². The summed E-state index contributed by atoms with van der Waals surface area (Å²) >= 11 is 0. The Hall–Kier alpha value is -2.81. The minimum atomic E-state index is -0.857. The molecule has 0 unspecified atom stereocenters. The SMILES string of the molecule is CCCCN1C(=O)[C@@H](CC2(O)CCCCC2)NC(=O)C12CCN(Cc1ccc(Oc3ccccc3OC)cc1)CC2.Cl. The van der Waals surface area contributed by atoms with Crippen molar-refractivity contribution in [2.24, 2.45) is 0 Å². The van der Waals surface area contributed by atoms with Crippen LogP contribution in [-0.2, 0) is 16.1 Å². The second-order valence-electron chi connectivity index (χ2n) is 12.1. The van der Waals surface area contributed by atoms with E-state index in [9.17, 15) is 14.7 Å². The highest BCUT2D eigenvalue weighted by Gasteiger charge is 2.54. The molecule has 2 aromatic carbocycles. The Morgan fingerprint density at radius 2 is 1.62 bits per heavy atom. The number of likely N-dealkylation sites (tertiary alicyclic amines) is 1. The van der Waals surface area contributed by atoms with Crippen LogP contribution in [0.4, 0.5) is 0 Å². The summed E-state index contributed by atoms with van der Waals surface area (Å²) < 4.78 is 11.4. The molecule has 2 heterocycles. The Bertz CT molecular complexity index is 1190. The number of rotatable bonds is 10. The number of carbonyl (C=O) groups excluding carboxylic acids is 2. The summed E-state index contributed by atoms with van der Waals surface area (Å²) in [7, 11) is 1.63. The van der Waals surface area contributed by atoms with Crippen molar-refractivity contribution in [2.75, 3.05) is 26.7 Å². The number of carbonyl (C=O) groups is 2. The number of piperazine rings is 1. The van der Waals surface area contributed by atoms with Gasteiger partial charge in [-0.1, -0.05) is 56.9 Å². The predicted octanol–water partition coefficient (Wildman–Crippen LogP) is 5.46. The van der Waals surface area contributed by atoms with Gasteiger partial charge in [-0.15, -0.1) is 12.4 Å². The van der Waals surface area contributed by atoms with Crippen molar-refractivity contribution in [3.8, 4) is 17.2 Å². The number of amides is 2. The second-order valence-corrected chi connectivity index (χ2v) is 12.1. The van der Waals surface area contributed by atoms with Crippen LogP contribution in [0.5, 0.6) is 17.2 Å². The largest absolute Gasteiger partial charge is 0.493 e. The first-order chi connectivity index (χ1) is 19.9. The second kappa shape index (κ2) is 14.1. The highest BCUT2D eigenvalue weighted by molar-refractivity contribution is 6.00. The molecule has 0 radical (unpaired) electrons. The molecule has 2 N–H and O–H groups in total. The fraction of sp³-hybridized carbons (Fsp3) is 0.576. The number of piperidine rings is 1. The van der Waals surface area contributed by atoms with Crippen LogP contribution in [0.3, 0.4) is 0 Å². The average Bonchev–Trinajstić information content (AvgIpc) is 2.98. The topological polar surface area (TPSA) is 91.3 Å². The van der Waals surface area contributed by atoms with Crippen LogP contribution in [0.25, 0.3) is 0 Å². The van der Waals surface area contributed by atoms with Crippen LogP contribution in [0.1, 0.15) is 76.7 Å². The van der Waals surface area contributed by atoms with E-state index in [1.165, 1.54) is 5.56 Å². The summed E-state index contributed by atoms with van der Waals surface area (Å²) in [5.74, 6) is 2.04. The van der Waals surface area contributed by atoms with Crippen molar-refractivity contribution in [1.29, 1.82) is 0 Å². The first-order valence-corrected chi connectivity index (χ1v) is 15.3. The zero-order valence-electron chi connectivity index (χ0n) is 25.0.